The molecule has 2 aliphatic carbocycles. The Morgan fingerprint density at radius 1 is 1.30 bits per heavy atom. The monoisotopic (exact) mass is 142 g/mol. The molecule has 4 atom stereocenters. The Kier molecular flexibility index (Phi) is 1.13. The van der Waals surface area contributed by atoms with Crippen molar-refractivity contribution in [3.8, 4) is 0 Å². The van der Waals surface area contributed by atoms with E-state index in [1.165, 1.54) is 0 Å². The summed E-state index contributed by atoms with van der Waals surface area (Å²) in [5.74, 6) is -0.101. The van der Waals surface area contributed by atoms with E-state index in [0.29, 0.717) is 0 Å². The summed E-state index contributed by atoms with van der Waals surface area (Å²) in [6.45, 7) is 0. The number of ketones is 1. The van der Waals surface area contributed by atoms with Crippen molar-refractivity contribution in [1.82, 2.24) is 0 Å². The third-order valence-electron chi connectivity index (χ3n) is 2.75. The maximum atomic E-state index is 11.0. The maximum Gasteiger partial charge on any atom is 0.167 e. The average molecular weight is 142 g/mol. The lowest BCUT2D eigenvalue weighted by atomic mass is 9.75. The van der Waals surface area contributed by atoms with Crippen molar-refractivity contribution in [3.05, 3.63) is 0 Å². The summed E-state index contributed by atoms with van der Waals surface area (Å²) in [6.07, 6.45) is -0.101. The van der Waals surface area contributed by atoms with Crippen molar-refractivity contribution in [2.45, 2.75) is 25.0 Å². The van der Waals surface area contributed by atoms with Gasteiger partial charge in [0.15, 0.2) is 5.78 Å². The predicted octanol–water partition coefficient (Wildman–Crippen LogP) is -0.683. The zero-order valence-corrected chi connectivity index (χ0v) is 5.53. The summed E-state index contributed by atoms with van der Waals surface area (Å²) in [4.78, 5) is 11.0. The SMILES string of the molecule is O=C1C(O)C(O)C2CCC12. The molecule has 0 aliphatic heterocycles. The van der Waals surface area contributed by atoms with Gasteiger partial charge in [-0.25, -0.2) is 0 Å². The first-order valence-corrected chi connectivity index (χ1v) is 3.61. The minimum absolute atomic E-state index is 0.0231. The van der Waals surface area contributed by atoms with Crippen LogP contribution in [0.1, 0.15) is 12.8 Å². The Morgan fingerprint density at radius 2 is 2.00 bits per heavy atom. The summed E-state index contributed by atoms with van der Waals surface area (Å²) in [5.41, 5.74) is 0. The molecule has 0 aromatic carbocycles. The molecule has 0 amide bonds. The highest BCUT2D eigenvalue weighted by Crippen LogP contribution is 2.44. The van der Waals surface area contributed by atoms with Crippen molar-refractivity contribution in [3.63, 3.8) is 0 Å². The van der Waals surface area contributed by atoms with E-state index in [9.17, 15) is 9.90 Å². The van der Waals surface area contributed by atoms with Crippen LogP contribution in [0, 0.1) is 11.8 Å². The van der Waals surface area contributed by atoms with E-state index in [1.807, 2.05) is 0 Å². The van der Waals surface area contributed by atoms with Gasteiger partial charge in [0.05, 0.1) is 6.10 Å². The van der Waals surface area contributed by atoms with E-state index in [1.54, 1.807) is 0 Å². The number of fused-ring (bicyclic) bond motifs is 1. The second-order valence-electron chi connectivity index (χ2n) is 3.19. The molecule has 56 valence electrons. The number of carbonyl (C=O) groups excluding carboxylic acids is 1. The summed E-state index contributed by atoms with van der Waals surface area (Å²) in [6, 6.07) is 0. The zero-order valence-electron chi connectivity index (χ0n) is 5.53. The number of carbonyl (C=O) groups is 1. The molecule has 2 aliphatic rings. The number of aliphatic hydroxyl groups excluding tert-OH is 2. The van der Waals surface area contributed by atoms with Crippen LogP contribution in [0.25, 0.3) is 0 Å². The summed E-state index contributed by atoms with van der Waals surface area (Å²) < 4.78 is 0. The Hall–Kier alpha value is -0.410. The van der Waals surface area contributed by atoms with Gasteiger partial charge >= 0.3 is 0 Å². The third-order valence-corrected chi connectivity index (χ3v) is 2.75. The molecule has 0 aromatic rings. The standard InChI is InChI=1S/C7H10O3/c8-5-3-1-2-4(3)6(9)7(5)10/h3-5,7-8,10H,1-2H2. The van der Waals surface area contributed by atoms with Gasteiger partial charge in [-0.1, -0.05) is 0 Å². The van der Waals surface area contributed by atoms with Crippen LogP contribution in [0.2, 0.25) is 0 Å². The smallest absolute Gasteiger partial charge is 0.167 e. The lowest BCUT2D eigenvalue weighted by Crippen LogP contribution is -2.30. The van der Waals surface area contributed by atoms with Crippen LogP contribution in [0.4, 0.5) is 0 Å². The van der Waals surface area contributed by atoms with Crippen LogP contribution < -0.4 is 0 Å². The fourth-order valence-electron chi connectivity index (χ4n) is 1.91. The van der Waals surface area contributed by atoms with E-state index < -0.39 is 12.2 Å². The summed E-state index contributed by atoms with van der Waals surface area (Å²) in [5, 5.41) is 18.2. The number of aliphatic hydroxyl groups is 2. The first-order valence-electron chi connectivity index (χ1n) is 3.61. The quantitative estimate of drug-likeness (QED) is 0.471. The van der Waals surface area contributed by atoms with E-state index >= 15 is 0 Å². The molecule has 0 heterocycles. The second-order valence-corrected chi connectivity index (χ2v) is 3.19. The Morgan fingerprint density at radius 3 is 2.20 bits per heavy atom. The third kappa shape index (κ3) is 0.545. The number of hydrogen-bond donors (Lipinski definition) is 2. The topological polar surface area (TPSA) is 57.5 Å². The van der Waals surface area contributed by atoms with Crippen molar-refractivity contribution in [2.24, 2.45) is 11.8 Å². The first kappa shape index (κ1) is 6.31. The van der Waals surface area contributed by atoms with Gasteiger partial charge in [0, 0.05) is 5.92 Å². The molecule has 2 fully saturated rings. The van der Waals surface area contributed by atoms with Gasteiger partial charge in [-0.3, -0.25) is 4.79 Å². The van der Waals surface area contributed by atoms with E-state index in [4.69, 9.17) is 5.11 Å². The molecule has 0 spiro atoms. The predicted molar refractivity (Wildman–Crippen MR) is 33.2 cm³/mol. The number of rotatable bonds is 0. The molecule has 0 aromatic heterocycles. The molecule has 2 rings (SSSR count). The minimum atomic E-state index is -1.09. The van der Waals surface area contributed by atoms with Crippen molar-refractivity contribution >= 4 is 5.78 Å². The highest BCUT2D eigenvalue weighted by atomic mass is 16.3. The van der Waals surface area contributed by atoms with Crippen molar-refractivity contribution in [2.75, 3.05) is 0 Å². The summed E-state index contributed by atoms with van der Waals surface area (Å²) >= 11 is 0. The molecule has 2 saturated carbocycles. The molecule has 3 heteroatoms. The molecule has 0 saturated heterocycles. The molecular weight excluding hydrogens is 132 g/mol. The first-order chi connectivity index (χ1) is 4.72. The molecule has 0 radical (unpaired) electrons. The lowest BCUT2D eigenvalue weighted by Gasteiger charge is -2.29. The van der Waals surface area contributed by atoms with Crippen LogP contribution >= 0.6 is 0 Å². The van der Waals surface area contributed by atoms with Crippen molar-refractivity contribution in [1.29, 1.82) is 0 Å². The lowest BCUT2D eigenvalue weighted by molar-refractivity contribution is -0.130. The highest BCUT2D eigenvalue weighted by molar-refractivity contribution is 5.89. The van der Waals surface area contributed by atoms with Gasteiger partial charge in [0.1, 0.15) is 6.10 Å². The molecular formula is C7H10O3. The van der Waals surface area contributed by atoms with Crippen molar-refractivity contribution < 1.29 is 15.0 Å². The van der Waals surface area contributed by atoms with Gasteiger partial charge in [-0.2, -0.15) is 0 Å². The fraction of sp³-hybridized carbons (Fsp3) is 0.857. The van der Waals surface area contributed by atoms with Gasteiger partial charge < -0.3 is 10.2 Å². The average Bonchev–Trinajstić information content (AvgIpc) is 1.92. The number of hydrogen-bond acceptors (Lipinski definition) is 3. The van der Waals surface area contributed by atoms with Crippen LogP contribution in [0.3, 0.4) is 0 Å². The fourth-order valence-corrected chi connectivity index (χ4v) is 1.91. The molecule has 3 nitrogen and oxygen atoms in total. The Labute approximate surface area is 58.7 Å². The maximum absolute atomic E-state index is 11.0. The summed E-state index contributed by atoms with van der Waals surface area (Å²) in [7, 11) is 0. The van der Waals surface area contributed by atoms with E-state index in [-0.39, 0.29) is 17.6 Å². The van der Waals surface area contributed by atoms with Crippen LogP contribution in [-0.4, -0.2) is 28.2 Å². The Bertz CT molecular complexity index is 170. The minimum Gasteiger partial charge on any atom is -0.390 e. The van der Waals surface area contributed by atoms with Gasteiger partial charge in [-0.15, -0.1) is 0 Å². The van der Waals surface area contributed by atoms with E-state index in [0.717, 1.165) is 12.8 Å². The second kappa shape index (κ2) is 1.80. The highest BCUT2D eigenvalue weighted by Gasteiger charge is 2.53. The molecule has 2 N–H and O–H groups in total. The van der Waals surface area contributed by atoms with E-state index in [2.05, 4.69) is 0 Å². The van der Waals surface area contributed by atoms with Gasteiger partial charge in [-0.05, 0) is 18.8 Å². The van der Waals surface area contributed by atoms with Crippen LogP contribution in [-0.2, 0) is 4.79 Å². The largest absolute Gasteiger partial charge is 0.390 e. The molecule has 0 bridgehead atoms. The van der Waals surface area contributed by atoms with Crippen LogP contribution in [0.15, 0.2) is 0 Å². The Balaban J connectivity index is 2.22. The zero-order chi connectivity index (χ0) is 7.30. The van der Waals surface area contributed by atoms with Gasteiger partial charge in [0.25, 0.3) is 0 Å². The van der Waals surface area contributed by atoms with Crippen LogP contribution in [0.5, 0.6) is 0 Å². The normalized spacial score (nSPS) is 52.4. The molecule has 4 unspecified atom stereocenters. The van der Waals surface area contributed by atoms with Gasteiger partial charge in [0.2, 0.25) is 0 Å². The number of Topliss-reactive ketones (excluding diaryl/α,β-unsaturated/α-hetero) is 1. The molecule has 10 heavy (non-hydrogen) atoms.